The maximum atomic E-state index is 3.92. The molecule has 0 aliphatic rings. The van der Waals surface area contributed by atoms with Crippen LogP contribution in [0.4, 0.5) is 0 Å². The molecule has 17 heavy (non-hydrogen) atoms. The van der Waals surface area contributed by atoms with Crippen LogP contribution in [0.3, 0.4) is 0 Å². The zero-order chi connectivity index (χ0) is 12.7. The number of aromatic nitrogens is 1. The van der Waals surface area contributed by atoms with Gasteiger partial charge >= 0.3 is 0 Å². The number of rotatable bonds is 8. The molecule has 0 fully saturated rings. The Labute approximate surface area is 107 Å². The molecule has 1 nitrogen and oxygen atoms in total. The van der Waals surface area contributed by atoms with Crippen molar-refractivity contribution in [3.63, 3.8) is 0 Å². The maximum Gasteiger partial charge on any atom is 0.0106 e. The predicted molar refractivity (Wildman–Crippen MR) is 76.3 cm³/mol. The normalized spacial score (nSPS) is 14.5. The Balaban J connectivity index is 2.64. The van der Waals surface area contributed by atoms with Gasteiger partial charge in [0.15, 0.2) is 0 Å². The Hall–Kier alpha value is -0.980. The summed E-state index contributed by atoms with van der Waals surface area (Å²) in [5.41, 5.74) is 1.73. The highest BCUT2D eigenvalue weighted by Crippen LogP contribution is 2.33. The first kappa shape index (κ1) is 14.1. The first-order chi connectivity index (χ1) is 8.12. The number of nitrogens with zero attached hydrogens (tertiary/aromatic N) is 1. The van der Waals surface area contributed by atoms with Gasteiger partial charge in [-0.3, -0.25) is 0 Å². The smallest absolute Gasteiger partial charge is 0.0106 e. The van der Waals surface area contributed by atoms with Crippen LogP contribution in [0.15, 0.2) is 31.1 Å². The van der Waals surface area contributed by atoms with E-state index in [0.29, 0.717) is 0 Å². The number of hydrogen-bond donors (Lipinski definition) is 0. The van der Waals surface area contributed by atoms with Crippen molar-refractivity contribution in [2.24, 2.45) is 7.05 Å². The Morgan fingerprint density at radius 2 is 2.12 bits per heavy atom. The van der Waals surface area contributed by atoms with Crippen molar-refractivity contribution in [1.82, 2.24) is 4.57 Å². The van der Waals surface area contributed by atoms with Crippen LogP contribution in [0.5, 0.6) is 0 Å². The molecule has 0 N–H and O–H groups in total. The van der Waals surface area contributed by atoms with E-state index in [0.717, 1.165) is 6.42 Å². The minimum absolute atomic E-state index is 0.275. The van der Waals surface area contributed by atoms with E-state index >= 15 is 0 Å². The molecule has 0 saturated heterocycles. The van der Waals surface area contributed by atoms with Gasteiger partial charge in [-0.05, 0) is 29.9 Å². The molecule has 0 amide bonds. The molecule has 1 rings (SSSR count). The standard InChI is InChI=1S/C16H27N/c1-5-7-8-9-12-16(3,11-6-2)15-10-13-17(4)14-15/h6,10,13-14H,2,5,7-9,11-12H2,1,3-4H3. The Morgan fingerprint density at radius 1 is 1.35 bits per heavy atom. The second kappa shape index (κ2) is 6.68. The highest BCUT2D eigenvalue weighted by atomic mass is 14.9. The fourth-order valence-electron chi connectivity index (χ4n) is 2.49. The van der Waals surface area contributed by atoms with Crippen molar-refractivity contribution >= 4 is 0 Å². The van der Waals surface area contributed by atoms with Crippen LogP contribution in [0, 0.1) is 0 Å². The van der Waals surface area contributed by atoms with Crippen molar-refractivity contribution in [2.45, 2.75) is 57.8 Å². The van der Waals surface area contributed by atoms with Gasteiger partial charge in [0.25, 0.3) is 0 Å². The van der Waals surface area contributed by atoms with Gasteiger partial charge in [-0.2, -0.15) is 0 Å². The fourth-order valence-corrected chi connectivity index (χ4v) is 2.49. The molecular weight excluding hydrogens is 206 g/mol. The topological polar surface area (TPSA) is 4.93 Å². The number of unbranched alkanes of at least 4 members (excludes halogenated alkanes) is 3. The van der Waals surface area contributed by atoms with Crippen LogP contribution in [-0.2, 0) is 12.5 Å². The molecule has 96 valence electrons. The number of hydrogen-bond acceptors (Lipinski definition) is 0. The van der Waals surface area contributed by atoms with Gasteiger partial charge in [0, 0.05) is 19.4 Å². The molecule has 1 aromatic rings. The monoisotopic (exact) mass is 233 g/mol. The summed E-state index contributed by atoms with van der Waals surface area (Å²) in [6, 6.07) is 2.25. The third-order valence-electron chi connectivity index (χ3n) is 3.71. The lowest BCUT2D eigenvalue weighted by molar-refractivity contribution is 0.413. The van der Waals surface area contributed by atoms with Crippen molar-refractivity contribution in [1.29, 1.82) is 0 Å². The third-order valence-corrected chi connectivity index (χ3v) is 3.71. The lowest BCUT2D eigenvalue weighted by Crippen LogP contribution is -2.20. The van der Waals surface area contributed by atoms with Crippen LogP contribution in [0.25, 0.3) is 0 Å². The van der Waals surface area contributed by atoms with E-state index < -0.39 is 0 Å². The van der Waals surface area contributed by atoms with E-state index in [9.17, 15) is 0 Å². The molecule has 1 heteroatoms. The molecule has 0 aliphatic heterocycles. The summed E-state index contributed by atoms with van der Waals surface area (Å²) in [7, 11) is 2.09. The quantitative estimate of drug-likeness (QED) is 0.448. The lowest BCUT2D eigenvalue weighted by Gasteiger charge is -2.28. The zero-order valence-corrected chi connectivity index (χ0v) is 11.7. The SMILES string of the molecule is C=CCC(C)(CCCCCC)c1ccn(C)c1. The van der Waals surface area contributed by atoms with Crippen LogP contribution in [0.1, 0.15) is 57.9 Å². The molecule has 0 aliphatic carbocycles. The van der Waals surface area contributed by atoms with Crippen LogP contribution >= 0.6 is 0 Å². The predicted octanol–water partition coefficient (Wildman–Crippen LogP) is 4.83. The summed E-state index contributed by atoms with van der Waals surface area (Å²) in [5.74, 6) is 0. The minimum Gasteiger partial charge on any atom is -0.357 e. The van der Waals surface area contributed by atoms with E-state index in [2.05, 4.69) is 56.6 Å². The molecule has 1 heterocycles. The van der Waals surface area contributed by atoms with Gasteiger partial charge in [-0.25, -0.2) is 0 Å². The molecule has 1 aromatic heterocycles. The van der Waals surface area contributed by atoms with E-state index in [4.69, 9.17) is 0 Å². The molecule has 0 spiro atoms. The van der Waals surface area contributed by atoms with Crippen LogP contribution < -0.4 is 0 Å². The molecule has 0 aromatic carbocycles. The Kier molecular flexibility index (Phi) is 5.54. The van der Waals surface area contributed by atoms with Crippen molar-refractivity contribution in [2.75, 3.05) is 0 Å². The highest BCUT2D eigenvalue weighted by Gasteiger charge is 2.25. The third kappa shape index (κ3) is 4.07. The maximum absolute atomic E-state index is 3.92. The molecule has 1 unspecified atom stereocenters. The van der Waals surface area contributed by atoms with Gasteiger partial charge < -0.3 is 4.57 Å². The zero-order valence-electron chi connectivity index (χ0n) is 11.7. The van der Waals surface area contributed by atoms with Gasteiger partial charge in [-0.1, -0.05) is 45.6 Å². The van der Waals surface area contributed by atoms with Gasteiger partial charge in [0.1, 0.15) is 0 Å². The molecule has 0 saturated carbocycles. The average molecular weight is 233 g/mol. The highest BCUT2D eigenvalue weighted by molar-refractivity contribution is 5.22. The number of allylic oxidation sites excluding steroid dienone is 1. The minimum atomic E-state index is 0.275. The Morgan fingerprint density at radius 3 is 2.65 bits per heavy atom. The summed E-state index contributed by atoms with van der Waals surface area (Å²) in [6.45, 7) is 8.55. The van der Waals surface area contributed by atoms with E-state index in [-0.39, 0.29) is 5.41 Å². The van der Waals surface area contributed by atoms with Gasteiger partial charge in [0.2, 0.25) is 0 Å². The molecule has 1 atom stereocenters. The van der Waals surface area contributed by atoms with E-state index in [1.165, 1.54) is 37.7 Å². The first-order valence-corrected chi connectivity index (χ1v) is 6.86. The summed E-state index contributed by atoms with van der Waals surface area (Å²) < 4.78 is 2.14. The van der Waals surface area contributed by atoms with Crippen LogP contribution in [0.2, 0.25) is 0 Å². The van der Waals surface area contributed by atoms with Crippen molar-refractivity contribution in [3.8, 4) is 0 Å². The molecule has 0 bridgehead atoms. The van der Waals surface area contributed by atoms with E-state index in [1.807, 2.05) is 0 Å². The van der Waals surface area contributed by atoms with Crippen molar-refractivity contribution < 1.29 is 0 Å². The second-order valence-electron chi connectivity index (χ2n) is 5.43. The number of aryl methyl sites for hydroxylation is 1. The van der Waals surface area contributed by atoms with Crippen LogP contribution in [-0.4, -0.2) is 4.57 Å². The van der Waals surface area contributed by atoms with E-state index in [1.54, 1.807) is 0 Å². The summed E-state index contributed by atoms with van der Waals surface area (Å²) in [4.78, 5) is 0. The second-order valence-corrected chi connectivity index (χ2v) is 5.43. The van der Waals surface area contributed by atoms with Gasteiger partial charge in [-0.15, -0.1) is 6.58 Å². The summed E-state index contributed by atoms with van der Waals surface area (Å²) in [6.07, 6.45) is 14.1. The molecular formula is C16H27N. The van der Waals surface area contributed by atoms with Crippen molar-refractivity contribution in [3.05, 3.63) is 36.7 Å². The summed E-state index contributed by atoms with van der Waals surface area (Å²) in [5, 5.41) is 0. The average Bonchev–Trinajstić information content (AvgIpc) is 2.72. The summed E-state index contributed by atoms with van der Waals surface area (Å²) >= 11 is 0. The lowest BCUT2D eigenvalue weighted by atomic mass is 9.76. The van der Waals surface area contributed by atoms with Gasteiger partial charge in [0.05, 0.1) is 0 Å². The fraction of sp³-hybridized carbons (Fsp3) is 0.625. The first-order valence-electron chi connectivity index (χ1n) is 6.86. The Bertz CT molecular complexity index is 337. The molecule has 0 radical (unpaired) electrons. The largest absolute Gasteiger partial charge is 0.357 e.